The Morgan fingerprint density at radius 1 is 1.37 bits per heavy atom. The molecule has 0 aliphatic heterocycles. The van der Waals surface area contributed by atoms with Crippen LogP contribution in [-0.2, 0) is 0 Å². The standard InChI is InChI=1S/C13H10BrFN2O2/c1-7-2-4-9(12(16)18)13(17-7)19-11-6-8(15)3-5-10(11)14/h2-6H,1H3,(H2,16,18). The Hall–Kier alpha value is -1.95. The number of nitrogens with zero attached hydrogens (tertiary/aromatic N) is 1. The molecule has 2 N–H and O–H groups in total. The summed E-state index contributed by atoms with van der Waals surface area (Å²) in [5, 5.41) is 0. The van der Waals surface area contributed by atoms with Gasteiger partial charge in [0, 0.05) is 11.8 Å². The molecule has 1 aromatic heterocycles. The van der Waals surface area contributed by atoms with Crippen molar-refractivity contribution < 1.29 is 13.9 Å². The lowest BCUT2D eigenvalue weighted by Crippen LogP contribution is -2.13. The van der Waals surface area contributed by atoms with E-state index in [2.05, 4.69) is 20.9 Å². The average Bonchev–Trinajstić information content (AvgIpc) is 2.33. The number of amides is 1. The van der Waals surface area contributed by atoms with Crippen molar-refractivity contribution in [3.8, 4) is 11.6 Å². The molecule has 0 atom stereocenters. The zero-order chi connectivity index (χ0) is 14.0. The summed E-state index contributed by atoms with van der Waals surface area (Å²) in [6.07, 6.45) is 0. The Balaban J connectivity index is 2.45. The smallest absolute Gasteiger partial charge is 0.254 e. The number of primary amides is 1. The molecule has 6 heteroatoms. The Labute approximate surface area is 117 Å². The first-order valence-corrected chi connectivity index (χ1v) is 6.17. The number of carbonyl (C=O) groups excluding carboxylic acids is 1. The van der Waals surface area contributed by atoms with Crippen LogP contribution in [0.4, 0.5) is 4.39 Å². The topological polar surface area (TPSA) is 65.2 Å². The van der Waals surface area contributed by atoms with Gasteiger partial charge >= 0.3 is 0 Å². The molecule has 2 aromatic rings. The highest BCUT2D eigenvalue weighted by atomic mass is 79.9. The van der Waals surface area contributed by atoms with Crippen LogP contribution < -0.4 is 10.5 Å². The number of hydrogen-bond donors (Lipinski definition) is 1. The molecule has 1 heterocycles. The Bertz CT molecular complexity index is 647. The van der Waals surface area contributed by atoms with Gasteiger partial charge in [-0.2, -0.15) is 0 Å². The van der Waals surface area contributed by atoms with Crippen LogP contribution in [0.25, 0.3) is 0 Å². The molecule has 0 saturated heterocycles. The van der Waals surface area contributed by atoms with E-state index in [1.807, 2.05) is 0 Å². The van der Waals surface area contributed by atoms with Gasteiger partial charge in [-0.05, 0) is 47.1 Å². The van der Waals surface area contributed by atoms with Crippen molar-refractivity contribution in [3.05, 3.63) is 51.9 Å². The van der Waals surface area contributed by atoms with Gasteiger partial charge in [0.05, 0.1) is 4.47 Å². The average molecular weight is 325 g/mol. The number of benzene rings is 1. The van der Waals surface area contributed by atoms with E-state index in [-0.39, 0.29) is 17.2 Å². The van der Waals surface area contributed by atoms with Gasteiger partial charge in [0.1, 0.15) is 17.1 Å². The first-order valence-electron chi connectivity index (χ1n) is 5.37. The summed E-state index contributed by atoms with van der Waals surface area (Å²) < 4.78 is 19.2. The molecule has 0 spiro atoms. The molecule has 1 amide bonds. The van der Waals surface area contributed by atoms with Crippen LogP contribution >= 0.6 is 15.9 Å². The normalized spacial score (nSPS) is 10.3. The lowest BCUT2D eigenvalue weighted by Gasteiger charge is -2.10. The van der Waals surface area contributed by atoms with Crippen LogP contribution in [0.15, 0.2) is 34.8 Å². The monoisotopic (exact) mass is 324 g/mol. The second kappa shape index (κ2) is 5.36. The molecule has 1 aromatic carbocycles. The molecular weight excluding hydrogens is 315 g/mol. The SMILES string of the molecule is Cc1ccc(C(N)=O)c(Oc2cc(F)ccc2Br)n1. The predicted octanol–water partition coefficient (Wildman–Crippen LogP) is 3.18. The van der Waals surface area contributed by atoms with Crippen molar-refractivity contribution in [1.82, 2.24) is 4.98 Å². The molecule has 0 unspecified atom stereocenters. The van der Waals surface area contributed by atoms with Crippen molar-refractivity contribution in [2.75, 3.05) is 0 Å². The summed E-state index contributed by atoms with van der Waals surface area (Å²) in [6, 6.07) is 7.15. The van der Waals surface area contributed by atoms with E-state index in [1.54, 1.807) is 13.0 Å². The number of nitrogens with two attached hydrogens (primary N) is 1. The fraction of sp³-hybridized carbons (Fsp3) is 0.0769. The molecule has 0 bridgehead atoms. The number of aromatic nitrogens is 1. The van der Waals surface area contributed by atoms with E-state index < -0.39 is 11.7 Å². The van der Waals surface area contributed by atoms with Crippen molar-refractivity contribution in [1.29, 1.82) is 0 Å². The summed E-state index contributed by atoms with van der Waals surface area (Å²) in [4.78, 5) is 15.4. The molecule has 4 nitrogen and oxygen atoms in total. The van der Waals surface area contributed by atoms with E-state index in [4.69, 9.17) is 10.5 Å². The summed E-state index contributed by atoms with van der Waals surface area (Å²) >= 11 is 3.23. The van der Waals surface area contributed by atoms with Crippen molar-refractivity contribution in [2.24, 2.45) is 5.73 Å². The fourth-order valence-corrected chi connectivity index (χ4v) is 1.79. The summed E-state index contributed by atoms with van der Waals surface area (Å²) in [7, 11) is 0. The van der Waals surface area contributed by atoms with Crippen molar-refractivity contribution in [3.63, 3.8) is 0 Å². The molecule has 0 fully saturated rings. The number of pyridine rings is 1. The van der Waals surface area contributed by atoms with Crippen LogP contribution in [0.1, 0.15) is 16.1 Å². The van der Waals surface area contributed by atoms with E-state index in [1.165, 1.54) is 24.3 Å². The third kappa shape index (κ3) is 3.08. The van der Waals surface area contributed by atoms with E-state index in [0.29, 0.717) is 10.2 Å². The fourth-order valence-electron chi connectivity index (χ4n) is 1.46. The van der Waals surface area contributed by atoms with Gasteiger partial charge in [0.15, 0.2) is 0 Å². The highest BCUT2D eigenvalue weighted by molar-refractivity contribution is 9.10. The molecular formula is C13H10BrFN2O2. The van der Waals surface area contributed by atoms with Crippen LogP contribution in [-0.4, -0.2) is 10.9 Å². The highest BCUT2D eigenvalue weighted by Crippen LogP contribution is 2.31. The number of aryl methyl sites for hydroxylation is 1. The second-order valence-corrected chi connectivity index (χ2v) is 4.70. The molecule has 0 aliphatic rings. The Morgan fingerprint density at radius 2 is 2.11 bits per heavy atom. The zero-order valence-corrected chi connectivity index (χ0v) is 11.6. The maximum absolute atomic E-state index is 13.2. The van der Waals surface area contributed by atoms with Crippen molar-refractivity contribution in [2.45, 2.75) is 6.92 Å². The maximum Gasteiger partial charge on any atom is 0.254 e. The van der Waals surface area contributed by atoms with Crippen LogP contribution in [0, 0.1) is 12.7 Å². The molecule has 0 saturated carbocycles. The largest absolute Gasteiger partial charge is 0.437 e. The van der Waals surface area contributed by atoms with Crippen LogP contribution in [0.3, 0.4) is 0 Å². The number of hydrogen-bond acceptors (Lipinski definition) is 3. The second-order valence-electron chi connectivity index (χ2n) is 3.85. The highest BCUT2D eigenvalue weighted by Gasteiger charge is 2.14. The quantitative estimate of drug-likeness (QED) is 0.942. The van der Waals surface area contributed by atoms with Gasteiger partial charge in [0.2, 0.25) is 5.88 Å². The Morgan fingerprint density at radius 3 is 2.79 bits per heavy atom. The minimum absolute atomic E-state index is 0.0544. The molecule has 19 heavy (non-hydrogen) atoms. The minimum Gasteiger partial charge on any atom is -0.437 e. The predicted molar refractivity (Wildman–Crippen MR) is 71.7 cm³/mol. The number of rotatable bonds is 3. The molecule has 0 aliphatic carbocycles. The zero-order valence-electron chi connectivity index (χ0n) is 9.98. The van der Waals surface area contributed by atoms with Gasteiger partial charge in [-0.15, -0.1) is 0 Å². The van der Waals surface area contributed by atoms with E-state index in [0.717, 1.165) is 0 Å². The van der Waals surface area contributed by atoms with E-state index >= 15 is 0 Å². The maximum atomic E-state index is 13.2. The van der Waals surface area contributed by atoms with Gasteiger partial charge < -0.3 is 10.5 Å². The summed E-state index contributed by atoms with van der Waals surface area (Å²) in [5.41, 5.74) is 6.04. The van der Waals surface area contributed by atoms with E-state index in [9.17, 15) is 9.18 Å². The van der Waals surface area contributed by atoms with Gasteiger partial charge in [0.25, 0.3) is 5.91 Å². The lowest BCUT2D eigenvalue weighted by molar-refractivity contribution is 0.0997. The lowest BCUT2D eigenvalue weighted by atomic mass is 10.2. The third-order valence-corrected chi connectivity index (χ3v) is 3.02. The van der Waals surface area contributed by atoms with Crippen molar-refractivity contribution >= 4 is 21.8 Å². The minimum atomic E-state index is -0.657. The number of carbonyl (C=O) groups is 1. The van der Waals surface area contributed by atoms with Gasteiger partial charge in [-0.25, -0.2) is 9.37 Å². The van der Waals surface area contributed by atoms with Crippen LogP contribution in [0.5, 0.6) is 11.6 Å². The third-order valence-electron chi connectivity index (χ3n) is 2.36. The Kier molecular flexibility index (Phi) is 3.80. The molecule has 0 radical (unpaired) electrons. The molecule has 2 rings (SSSR count). The molecule has 98 valence electrons. The number of halogens is 2. The van der Waals surface area contributed by atoms with Gasteiger partial charge in [-0.1, -0.05) is 0 Å². The first-order chi connectivity index (χ1) is 8.97. The number of ether oxygens (including phenoxy) is 1. The summed E-state index contributed by atoms with van der Waals surface area (Å²) in [6.45, 7) is 1.75. The van der Waals surface area contributed by atoms with Crippen LogP contribution in [0.2, 0.25) is 0 Å². The first kappa shape index (κ1) is 13.5. The van der Waals surface area contributed by atoms with Gasteiger partial charge in [-0.3, -0.25) is 4.79 Å². The summed E-state index contributed by atoms with van der Waals surface area (Å²) in [5.74, 6) is -0.832.